The summed E-state index contributed by atoms with van der Waals surface area (Å²) in [5.74, 6) is 2.24. The number of hydrogen-bond donors (Lipinski definition) is 2. The van der Waals surface area contributed by atoms with Crippen molar-refractivity contribution in [2.24, 2.45) is 4.99 Å². The van der Waals surface area contributed by atoms with Gasteiger partial charge in [0, 0.05) is 46.4 Å². The lowest BCUT2D eigenvalue weighted by molar-refractivity contribution is 0.490. The SMILES string of the molecule is CS(=O)(=O)O.c1ccc(N2CCCC2=NCCSc2c[nH]c3ccccc23)cc1. The van der Waals surface area contributed by atoms with Gasteiger partial charge in [-0.1, -0.05) is 36.4 Å². The Morgan fingerprint density at radius 2 is 1.83 bits per heavy atom. The Labute approximate surface area is 175 Å². The molecule has 154 valence electrons. The molecule has 29 heavy (non-hydrogen) atoms. The molecule has 1 aromatic heterocycles. The van der Waals surface area contributed by atoms with Gasteiger partial charge in [0.2, 0.25) is 0 Å². The molecule has 0 bridgehead atoms. The van der Waals surface area contributed by atoms with Crippen molar-refractivity contribution in [3.63, 3.8) is 0 Å². The number of amidine groups is 1. The first-order valence-corrected chi connectivity index (χ1v) is 12.2. The Morgan fingerprint density at radius 3 is 2.59 bits per heavy atom. The predicted octanol–water partition coefficient (Wildman–Crippen LogP) is 4.46. The highest BCUT2D eigenvalue weighted by atomic mass is 32.2. The molecule has 1 aliphatic heterocycles. The molecule has 2 N–H and O–H groups in total. The Kier molecular flexibility index (Phi) is 7.35. The van der Waals surface area contributed by atoms with E-state index >= 15 is 0 Å². The third kappa shape index (κ3) is 6.62. The number of fused-ring (bicyclic) bond motifs is 1. The van der Waals surface area contributed by atoms with Gasteiger partial charge >= 0.3 is 0 Å². The van der Waals surface area contributed by atoms with Crippen LogP contribution in [-0.2, 0) is 10.1 Å². The lowest BCUT2D eigenvalue weighted by Crippen LogP contribution is -2.24. The van der Waals surface area contributed by atoms with E-state index < -0.39 is 10.1 Å². The fourth-order valence-electron chi connectivity index (χ4n) is 3.20. The van der Waals surface area contributed by atoms with Crippen molar-refractivity contribution in [3.05, 3.63) is 60.8 Å². The molecule has 6 nitrogen and oxygen atoms in total. The molecule has 0 saturated carbocycles. The molecule has 0 unspecified atom stereocenters. The van der Waals surface area contributed by atoms with Gasteiger partial charge in [-0.15, -0.1) is 11.8 Å². The lowest BCUT2D eigenvalue weighted by Gasteiger charge is -2.18. The number of aliphatic imine (C=N–C) groups is 1. The van der Waals surface area contributed by atoms with E-state index in [0.717, 1.165) is 25.3 Å². The van der Waals surface area contributed by atoms with Crippen molar-refractivity contribution in [2.45, 2.75) is 17.7 Å². The minimum absolute atomic E-state index is 0.715. The number of aromatic amines is 1. The highest BCUT2D eigenvalue weighted by molar-refractivity contribution is 7.99. The van der Waals surface area contributed by atoms with Gasteiger partial charge < -0.3 is 9.88 Å². The normalized spacial score (nSPS) is 15.5. The van der Waals surface area contributed by atoms with Crippen molar-refractivity contribution in [3.8, 4) is 0 Å². The number of benzene rings is 2. The van der Waals surface area contributed by atoms with Crippen LogP contribution in [0, 0.1) is 0 Å². The largest absolute Gasteiger partial charge is 0.360 e. The lowest BCUT2D eigenvalue weighted by atomic mass is 10.2. The zero-order valence-electron chi connectivity index (χ0n) is 16.3. The average Bonchev–Trinajstić information content (AvgIpc) is 3.32. The average molecular weight is 432 g/mol. The fraction of sp³-hybridized carbons (Fsp3) is 0.286. The summed E-state index contributed by atoms with van der Waals surface area (Å²) in [4.78, 5) is 11.9. The Bertz CT molecular complexity index is 1050. The van der Waals surface area contributed by atoms with E-state index in [1.54, 1.807) is 0 Å². The smallest absolute Gasteiger partial charge is 0.261 e. The molecule has 3 aromatic rings. The molecule has 4 rings (SSSR count). The van der Waals surface area contributed by atoms with Gasteiger partial charge in [0.25, 0.3) is 10.1 Å². The molecule has 0 amide bonds. The number of rotatable bonds is 5. The monoisotopic (exact) mass is 431 g/mol. The van der Waals surface area contributed by atoms with Gasteiger partial charge in [-0.3, -0.25) is 9.55 Å². The third-order valence-corrected chi connectivity index (χ3v) is 5.39. The van der Waals surface area contributed by atoms with E-state index in [1.165, 1.54) is 33.7 Å². The quantitative estimate of drug-likeness (QED) is 0.354. The van der Waals surface area contributed by atoms with Crippen molar-refractivity contribution in [1.82, 2.24) is 4.98 Å². The number of nitrogens with one attached hydrogen (secondary N) is 1. The molecule has 0 aliphatic carbocycles. The second-order valence-corrected chi connectivity index (χ2v) is 9.27. The van der Waals surface area contributed by atoms with Crippen LogP contribution < -0.4 is 4.90 Å². The van der Waals surface area contributed by atoms with Gasteiger partial charge in [-0.05, 0) is 24.6 Å². The van der Waals surface area contributed by atoms with Crippen LogP contribution in [0.2, 0.25) is 0 Å². The Hall–Kier alpha value is -2.29. The molecule has 0 spiro atoms. The van der Waals surface area contributed by atoms with E-state index in [4.69, 9.17) is 9.55 Å². The van der Waals surface area contributed by atoms with Crippen LogP contribution in [0.1, 0.15) is 12.8 Å². The van der Waals surface area contributed by atoms with Gasteiger partial charge in [0.15, 0.2) is 0 Å². The molecule has 1 fully saturated rings. The summed E-state index contributed by atoms with van der Waals surface area (Å²) < 4.78 is 25.9. The molecule has 0 atom stereocenters. The van der Waals surface area contributed by atoms with Gasteiger partial charge in [0.05, 0.1) is 12.8 Å². The van der Waals surface area contributed by atoms with E-state index in [9.17, 15) is 8.42 Å². The second kappa shape index (κ2) is 9.96. The number of nitrogens with zero attached hydrogens (tertiary/aromatic N) is 2. The molecule has 0 radical (unpaired) electrons. The Morgan fingerprint density at radius 1 is 1.14 bits per heavy atom. The molecule has 8 heteroatoms. The number of anilines is 1. The van der Waals surface area contributed by atoms with Crippen LogP contribution in [-0.4, -0.2) is 48.9 Å². The number of thioether (sulfide) groups is 1. The third-order valence-electron chi connectivity index (χ3n) is 4.36. The van der Waals surface area contributed by atoms with E-state index in [1.807, 2.05) is 11.8 Å². The van der Waals surface area contributed by atoms with Crippen molar-refractivity contribution >= 4 is 44.3 Å². The highest BCUT2D eigenvalue weighted by Crippen LogP contribution is 2.27. The van der Waals surface area contributed by atoms with Gasteiger partial charge in [-0.25, -0.2) is 0 Å². The summed E-state index contributed by atoms with van der Waals surface area (Å²) in [6.07, 6.45) is 5.11. The number of aromatic nitrogens is 1. The summed E-state index contributed by atoms with van der Waals surface area (Å²) >= 11 is 1.88. The summed E-state index contributed by atoms with van der Waals surface area (Å²) in [5.41, 5.74) is 2.47. The zero-order chi connectivity index (χ0) is 20.7. The summed E-state index contributed by atoms with van der Waals surface area (Å²) in [6, 6.07) is 19.0. The van der Waals surface area contributed by atoms with Gasteiger partial charge in [-0.2, -0.15) is 8.42 Å². The van der Waals surface area contributed by atoms with Crippen molar-refractivity contribution < 1.29 is 13.0 Å². The molecule has 2 heterocycles. The first-order chi connectivity index (χ1) is 13.9. The van der Waals surface area contributed by atoms with Gasteiger partial charge in [0.1, 0.15) is 5.84 Å². The maximum absolute atomic E-state index is 9.19. The van der Waals surface area contributed by atoms with Crippen LogP contribution in [0.15, 0.2) is 70.7 Å². The maximum Gasteiger partial charge on any atom is 0.261 e. The number of para-hydroxylation sites is 2. The van der Waals surface area contributed by atoms with Crippen LogP contribution in [0.25, 0.3) is 10.9 Å². The topological polar surface area (TPSA) is 85.8 Å². The number of hydrogen-bond acceptors (Lipinski definition) is 4. The summed E-state index contributed by atoms with van der Waals surface area (Å²) in [5, 5.41) is 1.31. The summed E-state index contributed by atoms with van der Waals surface area (Å²) in [6.45, 7) is 1.95. The van der Waals surface area contributed by atoms with E-state index in [0.29, 0.717) is 6.26 Å². The van der Waals surface area contributed by atoms with Crippen LogP contribution in [0.3, 0.4) is 0 Å². The fourth-order valence-corrected chi connectivity index (χ4v) is 4.08. The predicted molar refractivity (Wildman–Crippen MR) is 122 cm³/mol. The minimum atomic E-state index is -3.67. The van der Waals surface area contributed by atoms with Crippen LogP contribution >= 0.6 is 11.8 Å². The first-order valence-electron chi connectivity index (χ1n) is 9.39. The molecule has 2 aromatic carbocycles. The van der Waals surface area contributed by atoms with E-state index in [2.05, 4.69) is 70.7 Å². The van der Waals surface area contributed by atoms with Crippen LogP contribution in [0.4, 0.5) is 5.69 Å². The Balaban J connectivity index is 0.000000431. The first kappa shape index (κ1) is 21.4. The molecular formula is C21H25N3O3S2. The second-order valence-electron chi connectivity index (χ2n) is 6.67. The van der Waals surface area contributed by atoms with Crippen LogP contribution in [0.5, 0.6) is 0 Å². The van der Waals surface area contributed by atoms with Crippen molar-refractivity contribution in [2.75, 3.05) is 30.0 Å². The number of H-pyrrole nitrogens is 1. The highest BCUT2D eigenvalue weighted by Gasteiger charge is 2.19. The molecular weight excluding hydrogens is 406 g/mol. The standard InChI is InChI=1S/C20H21N3S.CH4O3S/c1-2-7-16(8-3-1)23-13-6-11-20(23)21-12-14-24-19-15-22-18-10-5-4-9-17(18)19;1-5(2,3)4/h1-5,7-10,15,22H,6,11-14H2;1H3,(H,2,3,4). The summed E-state index contributed by atoms with van der Waals surface area (Å²) in [7, 11) is -3.67. The minimum Gasteiger partial charge on any atom is -0.360 e. The zero-order valence-corrected chi connectivity index (χ0v) is 17.9. The molecule has 1 saturated heterocycles. The van der Waals surface area contributed by atoms with Crippen molar-refractivity contribution in [1.29, 1.82) is 0 Å². The maximum atomic E-state index is 9.19. The molecule has 1 aliphatic rings. The van der Waals surface area contributed by atoms with E-state index in [-0.39, 0.29) is 0 Å².